The van der Waals surface area contributed by atoms with Gasteiger partial charge in [0, 0.05) is 6.20 Å². The summed E-state index contributed by atoms with van der Waals surface area (Å²) in [5, 5.41) is 7.21. The second-order valence-electron chi connectivity index (χ2n) is 5.80. The lowest BCUT2D eigenvalue weighted by atomic mass is 10.1. The maximum atomic E-state index is 4.87. The van der Waals surface area contributed by atoms with E-state index in [2.05, 4.69) is 26.3 Å². The molecule has 4 rings (SSSR count). The molecule has 0 spiro atoms. The van der Waals surface area contributed by atoms with Gasteiger partial charge in [-0.15, -0.1) is 0 Å². The van der Waals surface area contributed by atoms with Gasteiger partial charge in [-0.05, 0) is 57.3 Å². The zero-order chi connectivity index (χ0) is 13.4. The van der Waals surface area contributed by atoms with Gasteiger partial charge in [0.05, 0.1) is 12.2 Å². The number of nitrogens with zero attached hydrogens (tertiary/aromatic N) is 3. The summed E-state index contributed by atoms with van der Waals surface area (Å²) in [6, 6.07) is 4.42. The van der Waals surface area contributed by atoms with E-state index in [9.17, 15) is 0 Å². The van der Waals surface area contributed by atoms with Crippen LogP contribution in [0.4, 0.5) is 0 Å². The number of rotatable bonds is 2. The molecule has 4 heterocycles. The molecule has 0 bridgehead atoms. The molecular formula is C15H21N5. The van der Waals surface area contributed by atoms with Crippen LogP contribution >= 0.6 is 0 Å². The zero-order valence-corrected chi connectivity index (χ0v) is 11.7. The maximum Gasteiger partial charge on any atom is 0.161 e. The highest BCUT2D eigenvalue weighted by molar-refractivity contribution is 5.71. The Hall–Kier alpha value is -1.46. The molecule has 20 heavy (non-hydrogen) atoms. The topological polar surface area (TPSA) is 54.8 Å². The van der Waals surface area contributed by atoms with Gasteiger partial charge in [-0.2, -0.15) is 0 Å². The molecule has 2 unspecified atom stereocenters. The Morgan fingerprint density at radius 3 is 2.85 bits per heavy atom. The number of pyridine rings is 1. The van der Waals surface area contributed by atoms with Gasteiger partial charge >= 0.3 is 0 Å². The van der Waals surface area contributed by atoms with Gasteiger partial charge in [-0.3, -0.25) is 9.88 Å². The van der Waals surface area contributed by atoms with Crippen LogP contribution in [0.25, 0.3) is 11.2 Å². The Bertz CT molecular complexity index is 593. The summed E-state index contributed by atoms with van der Waals surface area (Å²) < 4.78 is 2.34. The Kier molecular flexibility index (Phi) is 3.16. The van der Waals surface area contributed by atoms with Gasteiger partial charge < -0.3 is 5.32 Å². The predicted octanol–water partition coefficient (Wildman–Crippen LogP) is 2.13. The largest absolute Gasteiger partial charge is 0.307 e. The fourth-order valence-corrected chi connectivity index (χ4v) is 3.46. The van der Waals surface area contributed by atoms with Crippen LogP contribution in [-0.4, -0.2) is 27.6 Å². The number of imidazole rings is 1. The minimum absolute atomic E-state index is 0.348. The van der Waals surface area contributed by atoms with E-state index in [0.29, 0.717) is 12.2 Å². The van der Waals surface area contributed by atoms with Gasteiger partial charge in [0.2, 0.25) is 0 Å². The number of hydrogen-bond donors (Lipinski definition) is 2. The van der Waals surface area contributed by atoms with E-state index in [1.807, 2.05) is 12.3 Å². The molecule has 0 saturated carbocycles. The van der Waals surface area contributed by atoms with Crippen molar-refractivity contribution >= 4 is 11.2 Å². The fraction of sp³-hybridized carbons (Fsp3) is 0.600. The second kappa shape index (κ2) is 5.14. The molecule has 5 heteroatoms. The molecule has 0 aromatic carbocycles. The molecule has 2 aromatic heterocycles. The van der Waals surface area contributed by atoms with Crippen molar-refractivity contribution in [3.8, 4) is 0 Å². The Labute approximate surface area is 118 Å². The number of aromatic nitrogens is 3. The number of nitrogens with one attached hydrogen (secondary N) is 2. The molecule has 106 valence electrons. The average molecular weight is 271 g/mol. The van der Waals surface area contributed by atoms with Crippen LogP contribution in [0.1, 0.15) is 50.1 Å². The molecule has 2 aliphatic heterocycles. The third-order valence-electron chi connectivity index (χ3n) is 4.44. The Balaban J connectivity index is 1.83. The van der Waals surface area contributed by atoms with Crippen LogP contribution < -0.4 is 10.6 Å². The number of piperidine rings is 1. The lowest BCUT2D eigenvalue weighted by Crippen LogP contribution is -2.33. The minimum Gasteiger partial charge on any atom is -0.307 e. The van der Waals surface area contributed by atoms with Crippen molar-refractivity contribution in [2.75, 3.05) is 13.1 Å². The highest BCUT2D eigenvalue weighted by Crippen LogP contribution is 2.30. The highest BCUT2D eigenvalue weighted by atomic mass is 15.3. The summed E-state index contributed by atoms with van der Waals surface area (Å²) in [5.41, 5.74) is 2.04. The van der Waals surface area contributed by atoms with E-state index in [1.54, 1.807) is 0 Å². The normalized spacial score (nSPS) is 27.2. The van der Waals surface area contributed by atoms with E-state index in [4.69, 9.17) is 4.98 Å². The molecule has 5 nitrogen and oxygen atoms in total. The van der Waals surface area contributed by atoms with Crippen molar-refractivity contribution in [2.45, 2.75) is 44.3 Å². The summed E-state index contributed by atoms with van der Waals surface area (Å²) in [5.74, 6) is 1.16. The third-order valence-corrected chi connectivity index (χ3v) is 4.44. The summed E-state index contributed by atoms with van der Waals surface area (Å²) in [6.07, 6.45) is 8.35. The van der Waals surface area contributed by atoms with Crippen LogP contribution in [0.2, 0.25) is 0 Å². The summed E-state index contributed by atoms with van der Waals surface area (Å²) in [6.45, 7) is 2.19. The van der Waals surface area contributed by atoms with Gasteiger partial charge in [0.25, 0.3) is 0 Å². The molecule has 0 amide bonds. The van der Waals surface area contributed by atoms with Crippen LogP contribution in [0, 0.1) is 0 Å². The monoisotopic (exact) mass is 271 g/mol. The number of fused-ring (bicyclic) bond motifs is 1. The highest BCUT2D eigenvalue weighted by Gasteiger charge is 2.27. The first kappa shape index (κ1) is 12.3. The van der Waals surface area contributed by atoms with E-state index in [-0.39, 0.29) is 0 Å². The van der Waals surface area contributed by atoms with E-state index in [0.717, 1.165) is 30.1 Å². The molecule has 2 fully saturated rings. The molecule has 2 saturated heterocycles. The summed E-state index contributed by atoms with van der Waals surface area (Å²) >= 11 is 0. The standard InChI is InChI=1S/C15H21N5/c1-2-8-17-13(7-1)20-14-12(6-4-10-18-14)19-15(20)11-5-3-9-16-11/h4,6,10-11,13,16-17H,1-3,5,7-9H2. The minimum atomic E-state index is 0.348. The number of hydrogen-bond acceptors (Lipinski definition) is 4. The molecule has 2 N–H and O–H groups in total. The van der Waals surface area contributed by atoms with Crippen molar-refractivity contribution in [2.24, 2.45) is 0 Å². The lowest BCUT2D eigenvalue weighted by Gasteiger charge is -2.27. The molecule has 2 aliphatic rings. The first-order valence-corrected chi connectivity index (χ1v) is 7.73. The Morgan fingerprint density at radius 2 is 2.05 bits per heavy atom. The lowest BCUT2D eigenvalue weighted by molar-refractivity contribution is 0.312. The summed E-state index contributed by atoms with van der Waals surface area (Å²) in [7, 11) is 0. The quantitative estimate of drug-likeness (QED) is 0.878. The van der Waals surface area contributed by atoms with Crippen LogP contribution in [0.5, 0.6) is 0 Å². The van der Waals surface area contributed by atoms with Gasteiger partial charge in [0.1, 0.15) is 11.3 Å². The second-order valence-corrected chi connectivity index (χ2v) is 5.80. The van der Waals surface area contributed by atoms with Crippen LogP contribution in [0.15, 0.2) is 18.3 Å². The Morgan fingerprint density at radius 1 is 1.10 bits per heavy atom. The van der Waals surface area contributed by atoms with Crippen molar-refractivity contribution in [3.05, 3.63) is 24.2 Å². The average Bonchev–Trinajstić information content (AvgIpc) is 3.15. The van der Waals surface area contributed by atoms with Crippen LogP contribution in [-0.2, 0) is 0 Å². The van der Waals surface area contributed by atoms with Gasteiger partial charge in [-0.1, -0.05) is 0 Å². The molecule has 0 radical (unpaired) electrons. The first-order chi connectivity index (χ1) is 9.93. The van der Waals surface area contributed by atoms with E-state index >= 15 is 0 Å². The fourth-order valence-electron chi connectivity index (χ4n) is 3.46. The molecule has 0 aliphatic carbocycles. The third kappa shape index (κ3) is 2.01. The smallest absolute Gasteiger partial charge is 0.161 e. The predicted molar refractivity (Wildman–Crippen MR) is 78.4 cm³/mol. The van der Waals surface area contributed by atoms with Gasteiger partial charge in [0.15, 0.2) is 5.65 Å². The summed E-state index contributed by atoms with van der Waals surface area (Å²) in [4.78, 5) is 9.45. The molecular weight excluding hydrogens is 250 g/mol. The maximum absolute atomic E-state index is 4.87. The molecule has 2 aromatic rings. The van der Waals surface area contributed by atoms with E-state index < -0.39 is 0 Å². The van der Waals surface area contributed by atoms with E-state index in [1.165, 1.54) is 32.1 Å². The van der Waals surface area contributed by atoms with Crippen molar-refractivity contribution in [1.82, 2.24) is 25.2 Å². The van der Waals surface area contributed by atoms with Crippen molar-refractivity contribution < 1.29 is 0 Å². The van der Waals surface area contributed by atoms with Crippen molar-refractivity contribution in [3.63, 3.8) is 0 Å². The SMILES string of the molecule is c1cnc2c(c1)nc(C1CCCN1)n2C1CCCCN1. The zero-order valence-electron chi connectivity index (χ0n) is 11.7. The van der Waals surface area contributed by atoms with Crippen LogP contribution in [0.3, 0.4) is 0 Å². The van der Waals surface area contributed by atoms with Crippen molar-refractivity contribution in [1.29, 1.82) is 0 Å². The van der Waals surface area contributed by atoms with Gasteiger partial charge in [-0.25, -0.2) is 9.97 Å². The molecule has 2 atom stereocenters. The first-order valence-electron chi connectivity index (χ1n) is 7.73.